The Morgan fingerprint density at radius 3 is 2.43 bits per heavy atom. The van der Waals surface area contributed by atoms with Gasteiger partial charge in [-0.25, -0.2) is 0 Å². The fraction of sp³-hybridized carbons (Fsp3) is 0.389. The molecule has 2 aromatic rings. The van der Waals surface area contributed by atoms with Gasteiger partial charge < -0.3 is 15.5 Å². The molecule has 2 N–H and O–H groups in total. The smallest absolute Gasteiger partial charge is 0.191 e. The van der Waals surface area contributed by atoms with E-state index in [0.29, 0.717) is 6.04 Å². The van der Waals surface area contributed by atoms with Crippen LogP contribution in [0.4, 0.5) is 0 Å². The largest absolute Gasteiger partial charge is 0.354 e. The maximum Gasteiger partial charge on any atom is 0.191 e. The van der Waals surface area contributed by atoms with E-state index in [4.69, 9.17) is 0 Å². The number of likely N-dealkylation sites (N-methyl/N-ethyl adjacent to an activating group) is 1. The lowest BCUT2D eigenvalue weighted by atomic mass is 10.1. The molecule has 0 spiro atoms. The topological polar surface area (TPSA) is 39.7 Å². The third kappa shape index (κ3) is 5.37. The molecule has 1 unspecified atom stereocenters. The summed E-state index contributed by atoms with van der Waals surface area (Å²) in [6.07, 6.45) is 0. The summed E-state index contributed by atoms with van der Waals surface area (Å²) in [5.74, 6) is 0.832. The molecule has 1 aromatic carbocycles. The number of nitrogens with one attached hydrogen (secondary N) is 2. The van der Waals surface area contributed by atoms with Crippen molar-refractivity contribution >= 4 is 17.3 Å². The van der Waals surface area contributed by atoms with Gasteiger partial charge in [0.15, 0.2) is 5.96 Å². The summed E-state index contributed by atoms with van der Waals surface area (Å²) in [7, 11) is 6.01. The molecule has 1 aromatic heterocycles. The van der Waals surface area contributed by atoms with Crippen LogP contribution in [-0.4, -0.2) is 38.5 Å². The lowest BCUT2D eigenvalue weighted by Gasteiger charge is -2.26. The maximum atomic E-state index is 4.32. The van der Waals surface area contributed by atoms with E-state index in [2.05, 4.69) is 77.9 Å². The lowest BCUT2D eigenvalue weighted by molar-refractivity contribution is 0.298. The normalized spacial score (nSPS) is 13.2. The molecule has 0 radical (unpaired) electrons. The van der Waals surface area contributed by atoms with Crippen molar-refractivity contribution in [3.8, 4) is 0 Å². The van der Waals surface area contributed by atoms with Crippen LogP contribution in [0.15, 0.2) is 47.5 Å². The molecule has 23 heavy (non-hydrogen) atoms. The van der Waals surface area contributed by atoms with E-state index >= 15 is 0 Å². The van der Waals surface area contributed by atoms with Crippen LogP contribution in [0.5, 0.6) is 0 Å². The third-order valence-electron chi connectivity index (χ3n) is 3.72. The van der Waals surface area contributed by atoms with Crippen LogP contribution in [-0.2, 0) is 6.54 Å². The molecule has 0 aliphatic heterocycles. The van der Waals surface area contributed by atoms with Gasteiger partial charge in [-0.15, -0.1) is 11.3 Å². The molecule has 0 saturated carbocycles. The minimum Gasteiger partial charge on any atom is -0.354 e. The van der Waals surface area contributed by atoms with Crippen molar-refractivity contribution in [1.29, 1.82) is 0 Å². The number of hydrogen-bond donors (Lipinski definition) is 2. The van der Waals surface area contributed by atoms with Gasteiger partial charge >= 0.3 is 0 Å². The number of aryl methyl sites for hydroxylation is 1. The van der Waals surface area contributed by atoms with E-state index in [0.717, 1.165) is 19.0 Å². The highest BCUT2D eigenvalue weighted by molar-refractivity contribution is 7.11. The van der Waals surface area contributed by atoms with Crippen LogP contribution in [0.1, 0.15) is 21.4 Å². The second-order valence-electron chi connectivity index (χ2n) is 5.71. The van der Waals surface area contributed by atoms with Gasteiger partial charge in [-0.05, 0) is 38.7 Å². The first kappa shape index (κ1) is 17.5. The molecule has 0 fully saturated rings. The van der Waals surface area contributed by atoms with Crippen LogP contribution in [0, 0.1) is 6.92 Å². The average Bonchev–Trinajstić information content (AvgIpc) is 2.96. The standard InChI is InChI=1S/C18H26N4S/c1-14-10-11-16(23-14)12-20-18(19-2)21-13-17(22(3)4)15-8-6-5-7-9-15/h5-11,17H,12-13H2,1-4H3,(H2,19,20,21). The number of guanidine groups is 1. The van der Waals surface area contributed by atoms with Gasteiger partial charge in [-0.2, -0.15) is 0 Å². The van der Waals surface area contributed by atoms with Crippen LogP contribution >= 0.6 is 11.3 Å². The molecule has 0 aliphatic rings. The molecule has 4 nitrogen and oxygen atoms in total. The van der Waals surface area contributed by atoms with Gasteiger partial charge in [0.25, 0.3) is 0 Å². The van der Waals surface area contributed by atoms with Gasteiger partial charge in [-0.3, -0.25) is 4.99 Å². The zero-order valence-corrected chi connectivity index (χ0v) is 15.2. The predicted octanol–water partition coefficient (Wildman–Crippen LogP) is 3.02. The Bertz CT molecular complexity index is 619. The van der Waals surface area contributed by atoms with Crippen molar-refractivity contribution in [2.24, 2.45) is 4.99 Å². The Kier molecular flexibility index (Phi) is 6.62. The Balaban J connectivity index is 1.90. The van der Waals surface area contributed by atoms with Gasteiger partial charge in [0.2, 0.25) is 0 Å². The van der Waals surface area contributed by atoms with Gasteiger partial charge in [0.1, 0.15) is 0 Å². The molecule has 1 heterocycles. The molecule has 0 aliphatic carbocycles. The van der Waals surface area contributed by atoms with Crippen LogP contribution in [0.2, 0.25) is 0 Å². The van der Waals surface area contributed by atoms with Crippen molar-refractivity contribution in [3.63, 3.8) is 0 Å². The first-order valence-corrected chi connectivity index (χ1v) is 8.63. The molecular weight excluding hydrogens is 304 g/mol. The molecule has 1 atom stereocenters. The van der Waals surface area contributed by atoms with Crippen molar-refractivity contribution < 1.29 is 0 Å². The van der Waals surface area contributed by atoms with E-state index < -0.39 is 0 Å². The summed E-state index contributed by atoms with van der Waals surface area (Å²) in [4.78, 5) is 9.19. The van der Waals surface area contributed by atoms with Crippen LogP contribution in [0.3, 0.4) is 0 Å². The molecular formula is C18H26N4S. The second kappa shape index (κ2) is 8.70. The highest BCUT2D eigenvalue weighted by atomic mass is 32.1. The fourth-order valence-corrected chi connectivity index (χ4v) is 3.27. The molecule has 124 valence electrons. The SMILES string of the molecule is CN=C(NCc1ccc(C)s1)NCC(c1ccccc1)N(C)C. The molecule has 0 saturated heterocycles. The van der Waals surface area contributed by atoms with Crippen molar-refractivity contribution in [1.82, 2.24) is 15.5 Å². The van der Waals surface area contributed by atoms with Gasteiger partial charge in [-0.1, -0.05) is 30.3 Å². The number of hydrogen-bond acceptors (Lipinski definition) is 3. The van der Waals surface area contributed by atoms with Gasteiger partial charge in [0, 0.05) is 23.3 Å². The molecule has 5 heteroatoms. The number of benzene rings is 1. The quantitative estimate of drug-likeness (QED) is 0.632. The predicted molar refractivity (Wildman–Crippen MR) is 100 cm³/mol. The van der Waals surface area contributed by atoms with Crippen LogP contribution < -0.4 is 10.6 Å². The maximum absolute atomic E-state index is 4.32. The average molecular weight is 331 g/mol. The minimum absolute atomic E-state index is 0.304. The van der Waals surface area contributed by atoms with Crippen molar-refractivity contribution in [3.05, 3.63) is 57.8 Å². The zero-order chi connectivity index (χ0) is 16.7. The zero-order valence-electron chi connectivity index (χ0n) is 14.3. The van der Waals surface area contributed by atoms with E-state index in [1.54, 1.807) is 0 Å². The number of rotatable bonds is 6. The lowest BCUT2D eigenvalue weighted by Crippen LogP contribution is -2.41. The summed E-state index contributed by atoms with van der Waals surface area (Å²) < 4.78 is 0. The van der Waals surface area contributed by atoms with E-state index in [9.17, 15) is 0 Å². The highest BCUT2D eigenvalue weighted by Crippen LogP contribution is 2.17. The monoisotopic (exact) mass is 330 g/mol. The highest BCUT2D eigenvalue weighted by Gasteiger charge is 2.14. The van der Waals surface area contributed by atoms with Crippen LogP contribution in [0.25, 0.3) is 0 Å². The first-order chi connectivity index (χ1) is 11.1. The minimum atomic E-state index is 0.304. The summed E-state index contributed by atoms with van der Waals surface area (Å²) >= 11 is 1.81. The van der Waals surface area contributed by atoms with Gasteiger partial charge in [0.05, 0.1) is 12.6 Å². The van der Waals surface area contributed by atoms with Crippen molar-refractivity contribution in [2.45, 2.75) is 19.5 Å². The molecule has 0 bridgehead atoms. The summed E-state index contributed by atoms with van der Waals surface area (Å²) in [6.45, 7) is 3.74. The van der Waals surface area contributed by atoms with E-state index in [1.807, 2.05) is 24.5 Å². The second-order valence-corrected chi connectivity index (χ2v) is 7.08. The Morgan fingerprint density at radius 1 is 1.13 bits per heavy atom. The summed E-state index contributed by atoms with van der Waals surface area (Å²) in [5.41, 5.74) is 1.30. The Morgan fingerprint density at radius 2 is 1.87 bits per heavy atom. The molecule has 2 rings (SSSR count). The number of thiophene rings is 1. The number of aliphatic imine (C=N–C) groups is 1. The van der Waals surface area contributed by atoms with Crippen molar-refractivity contribution in [2.75, 3.05) is 27.7 Å². The summed E-state index contributed by atoms with van der Waals surface area (Å²) in [5, 5.41) is 6.80. The number of nitrogens with zero attached hydrogens (tertiary/aromatic N) is 2. The van der Waals surface area contributed by atoms with E-state index in [-0.39, 0.29) is 0 Å². The first-order valence-electron chi connectivity index (χ1n) is 7.81. The van der Waals surface area contributed by atoms with E-state index in [1.165, 1.54) is 15.3 Å². The Hall–Kier alpha value is -1.85. The molecule has 0 amide bonds. The third-order valence-corrected chi connectivity index (χ3v) is 4.72. The summed E-state index contributed by atoms with van der Waals surface area (Å²) in [6, 6.07) is 15.2. The fourth-order valence-electron chi connectivity index (χ4n) is 2.44. The Labute approximate surface area is 143 Å².